The van der Waals surface area contributed by atoms with E-state index < -0.39 is 54.2 Å². The van der Waals surface area contributed by atoms with Crippen LogP contribution >= 0.6 is 94.2 Å². The molecule has 11 rings (SSSR count). The van der Waals surface area contributed by atoms with Crippen LogP contribution in [0.1, 0.15) is 83.5 Å². The summed E-state index contributed by atoms with van der Waals surface area (Å²) in [6.45, 7) is 9.14. The Hall–Kier alpha value is -5.80. The van der Waals surface area contributed by atoms with Gasteiger partial charge in [-0.05, 0) is 159 Å². The molecule has 2 atom stereocenters. The van der Waals surface area contributed by atoms with E-state index in [-0.39, 0.29) is 44.1 Å². The Morgan fingerprint density at radius 2 is 1.09 bits per heavy atom. The number of rotatable bonds is 12. The molecule has 85 heavy (non-hydrogen) atoms. The number of esters is 1. The normalized spacial score (nSPS) is 15.3. The van der Waals surface area contributed by atoms with Gasteiger partial charge in [-0.3, -0.25) is 14.6 Å². The van der Waals surface area contributed by atoms with Crippen molar-refractivity contribution < 1.29 is 47.8 Å². The zero-order valence-electron chi connectivity index (χ0n) is 46.6. The molecule has 0 aliphatic carbocycles. The van der Waals surface area contributed by atoms with Crippen molar-refractivity contribution in [3.63, 3.8) is 0 Å². The minimum absolute atomic E-state index is 0.0463. The number of pyridine rings is 2. The molecule has 0 saturated carbocycles. The van der Waals surface area contributed by atoms with Gasteiger partial charge in [-0.1, -0.05) is 125 Å². The highest BCUT2D eigenvalue weighted by molar-refractivity contribution is 9.13. The van der Waals surface area contributed by atoms with E-state index in [1.807, 2.05) is 107 Å². The third kappa shape index (κ3) is 14.1. The maximum absolute atomic E-state index is 13.0. The minimum atomic E-state index is -1.19. The Morgan fingerprint density at radius 3 is 1.64 bits per heavy atom. The first-order valence-electron chi connectivity index (χ1n) is 27.0. The second-order valence-electron chi connectivity index (χ2n) is 21.2. The van der Waals surface area contributed by atoms with Gasteiger partial charge in [0.2, 0.25) is 0 Å². The fourth-order valence-corrected chi connectivity index (χ4v) is 12.7. The molecule has 22 heteroatoms. The number of amides is 2. The Kier molecular flexibility index (Phi) is 20.6. The van der Waals surface area contributed by atoms with Gasteiger partial charge in [0.15, 0.2) is 0 Å². The van der Waals surface area contributed by atoms with Crippen molar-refractivity contribution in [1.82, 2.24) is 20.6 Å². The fourth-order valence-electron chi connectivity index (χ4n) is 10.1. The van der Waals surface area contributed by atoms with Crippen molar-refractivity contribution >= 4 is 152 Å². The zero-order chi connectivity index (χ0) is 60.9. The van der Waals surface area contributed by atoms with Crippen molar-refractivity contribution in [2.24, 2.45) is 0 Å². The van der Waals surface area contributed by atoms with Crippen molar-refractivity contribution in [1.29, 1.82) is 0 Å². The topological polar surface area (TPSA) is 184 Å². The van der Waals surface area contributed by atoms with Crippen molar-refractivity contribution in [3.05, 3.63) is 189 Å². The van der Waals surface area contributed by atoms with Crippen LogP contribution in [0.3, 0.4) is 0 Å². The van der Waals surface area contributed by atoms with E-state index in [0.29, 0.717) is 24.7 Å². The summed E-state index contributed by atoms with van der Waals surface area (Å²) in [5.74, 6) is -1.54. The molecule has 5 heterocycles. The van der Waals surface area contributed by atoms with Crippen molar-refractivity contribution in [2.75, 3.05) is 20.3 Å². The van der Waals surface area contributed by atoms with Crippen LogP contribution in [-0.4, -0.2) is 89.6 Å². The molecule has 3 N–H and O–H groups in total. The summed E-state index contributed by atoms with van der Waals surface area (Å²) >= 11 is 35.2. The molecule has 440 valence electrons. The molecule has 0 spiro atoms. The number of benzene rings is 6. The molecule has 0 bridgehead atoms. The molecule has 1 saturated heterocycles. The van der Waals surface area contributed by atoms with E-state index >= 15 is 0 Å². The van der Waals surface area contributed by atoms with Crippen LogP contribution in [0, 0.1) is 0 Å². The molecule has 14 nitrogen and oxygen atoms in total. The number of carboxylic acids is 1. The number of aromatic nitrogens is 2. The molecular formula is C63H56BBr3Cl4N4O10. The van der Waals surface area contributed by atoms with Gasteiger partial charge in [0, 0.05) is 52.4 Å². The van der Waals surface area contributed by atoms with Gasteiger partial charge in [0.05, 0.1) is 77.4 Å². The number of carbonyl (C=O) groups is 4. The molecule has 8 aromatic rings. The number of nitrogens with one attached hydrogen (secondary N) is 2. The number of aliphatic carboxylic acids is 1. The van der Waals surface area contributed by atoms with Crippen LogP contribution in [0.2, 0.25) is 20.1 Å². The Bertz CT molecular complexity index is 3840. The SMILES string of the molecule is Brc1ncc2ccccc2c1Br.COC(=O)[C@H](Cc1ccc(B2OC(C)(C)C(C)(C)O2)c2c1CCCO2)NC(=O)c1c(Cl)cccc1Cl.O=C(N[C@@H](Cc1ccc(-c2ncc3ccccc3c2Br)c2c1CCCO2)C(=O)O)c1c(Cl)cccc1Cl. The monoisotopic (exact) mass is 1420 g/mol. The third-order valence-electron chi connectivity index (χ3n) is 15.2. The number of hydrogen-bond donors (Lipinski definition) is 3. The first-order chi connectivity index (χ1) is 40.6. The molecule has 3 aliphatic heterocycles. The number of nitrogens with zero attached hydrogens (tertiary/aromatic N) is 2. The fraction of sp³-hybridized carbons (Fsp3) is 0.270. The number of carbonyl (C=O) groups excluding carboxylic acids is 3. The summed E-state index contributed by atoms with van der Waals surface area (Å²) in [4.78, 5) is 59.6. The maximum atomic E-state index is 13.0. The number of carboxylic acid groups (broad SMARTS) is 1. The number of ether oxygens (including phenoxy) is 3. The van der Waals surface area contributed by atoms with Crippen molar-refractivity contribution in [2.45, 2.75) is 89.5 Å². The van der Waals surface area contributed by atoms with Gasteiger partial charge in [-0.15, -0.1) is 0 Å². The lowest BCUT2D eigenvalue weighted by molar-refractivity contribution is -0.143. The van der Waals surface area contributed by atoms with E-state index in [9.17, 15) is 24.3 Å². The Morgan fingerprint density at radius 1 is 0.624 bits per heavy atom. The van der Waals surface area contributed by atoms with E-state index in [4.69, 9.17) is 74.9 Å². The van der Waals surface area contributed by atoms with Crippen LogP contribution in [0.15, 0.2) is 135 Å². The average Bonchev–Trinajstić information content (AvgIpc) is 1.98. The molecular weight excluding hydrogens is 1370 g/mol. The summed E-state index contributed by atoms with van der Waals surface area (Å²) in [5.41, 5.74) is 5.11. The average molecular weight is 1420 g/mol. The van der Waals surface area contributed by atoms with Crippen molar-refractivity contribution in [3.8, 4) is 22.8 Å². The Balaban J connectivity index is 0.000000170. The van der Waals surface area contributed by atoms with Gasteiger partial charge >= 0.3 is 19.1 Å². The molecule has 2 aromatic heterocycles. The molecule has 0 unspecified atom stereocenters. The molecule has 0 radical (unpaired) electrons. The molecule has 3 aliphatic rings. The summed E-state index contributed by atoms with van der Waals surface area (Å²) in [6, 6.07) is 31.0. The predicted molar refractivity (Wildman–Crippen MR) is 344 cm³/mol. The number of fused-ring (bicyclic) bond motifs is 4. The number of methoxy groups -OCH3 is 1. The standard InChI is InChI=1S/C28H21BrCl2N2O4.C26H30BCl2NO6.C9H5Br2N/c29-24-17-6-2-1-5-16(17)14-32-25(24)19-11-10-15(18-7-4-12-37-26(18)19)13-22(28(35)36)33-27(34)23-20(30)8-3-9-21(23)31;1-25(2)26(3,4)36-27(35-25)17-12-11-15(16-8-7-13-34-22(16)17)14-20(24(32)33-5)30-23(31)21-18(28)9-6-10-19(21)29;10-8-7-4-2-1-3-6(7)5-12-9(8)11/h1-3,5-6,8-11,14,22H,4,7,12-13H2,(H,33,34)(H,35,36);6,9-12,20H,7-8,13-14H2,1-5H3,(H,30,31);1-5H/t22-;20-;/m00./s1. The molecule has 6 aromatic carbocycles. The highest BCUT2D eigenvalue weighted by Crippen LogP contribution is 2.43. The largest absolute Gasteiger partial charge is 0.498 e. The lowest BCUT2D eigenvalue weighted by Crippen LogP contribution is -2.44. The molecule has 1 fully saturated rings. The highest BCUT2D eigenvalue weighted by Gasteiger charge is 2.53. The molecule has 2 amide bonds. The lowest BCUT2D eigenvalue weighted by atomic mass is 9.75. The summed E-state index contributed by atoms with van der Waals surface area (Å²) < 4.78 is 32.4. The second-order valence-corrected chi connectivity index (χ2v) is 25.1. The van der Waals surface area contributed by atoms with E-state index in [2.05, 4.69) is 69.5 Å². The lowest BCUT2D eigenvalue weighted by Gasteiger charge is -2.32. The number of halogens is 7. The van der Waals surface area contributed by atoms with Crippen LogP contribution in [-0.2, 0) is 49.3 Å². The van der Waals surface area contributed by atoms with E-state index in [0.717, 1.165) is 94.4 Å². The van der Waals surface area contributed by atoms with Gasteiger partial charge in [0.1, 0.15) is 28.2 Å². The second kappa shape index (κ2) is 27.5. The summed E-state index contributed by atoms with van der Waals surface area (Å²) in [7, 11) is 0.707. The highest BCUT2D eigenvalue weighted by atomic mass is 79.9. The Labute approximate surface area is 537 Å². The smallest absolute Gasteiger partial charge is 0.494 e. The summed E-state index contributed by atoms with van der Waals surface area (Å²) in [6.07, 6.45) is 7.07. The van der Waals surface area contributed by atoms with Crippen LogP contribution in [0.5, 0.6) is 11.5 Å². The zero-order valence-corrected chi connectivity index (χ0v) is 54.4. The number of hydrogen-bond acceptors (Lipinski definition) is 11. The first-order valence-corrected chi connectivity index (χ1v) is 30.9. The van der Waals surface area contributed by atoms with Gasteiger partial charge in [-0.2, -0.15) is 0 Å². The van der Waals surface area contributed by atoms with Gasteiger partial charge < -0.3 is 39.3 Å². The third-order valence-corrected chi connectivity index (χ3v) is 19.2. The minimum Gasteiger partial charge on any atom is -0.494 e. The maximum Gasteiger partial charge on any atom is 0.498 e. The van der Waals surface area contributed by atoms with Gasteiger partial charge in [0.25, 0.3) is 11.8 Å². The van der Waals surface area contributed by atoms with E-state index in [1.165, 1.54) is 24.6 Å². The summed E-state index contributed by atoms with van der Waals surface area (Å²) in [5, 5.41) is 20.3. The van der Waals surface area contributed by atoms with E-state index in [1.54, 1.807) is 24.3 Å². The van der Waals surface area contributed by atoms with Crippen LogP contribution < -0.4 is 25.6 Å². The van der Waals surface area contributed by atoms with Crippen LogP contribution in [0.4, 0.5) is 0 Å². The predicted octanol–water partition coefficient (Wildman–Crippen LogP) is 14.6. The quantitative estimate of drug-likeness (QED) is 0.0598. The van der Waals surface area contributed by atoms with Crippen LogP contribution in [0.25, 0.3) is 32.8 Å². The van der Waals surface area contributed by atoms with Gasteiger partial charge in [-0.25, -0.2) is 14.6 Å². The first kappa shape index (κ1) is 63.7.